The van der Waals surface area contributed by atoms with Gasteiger partial charge in [0.2, 0.25) is 17.8 Å². The van der Waals surface area contributed by atoms with Gasteiger partial charge in [0.05, 0.1) is 25.0 Å². The zero-order valence-electron chi connectivity index (χ0n) is 18.0. The van der Waals surface area contributed by atoms with Gasteiger partial charge in [0.1, 0.15) is 0 Å². The Hall–Kier alpha value is -3.46. The zero-order valence-corrected chi connectivity index (χ0v) is 18.9. The Labute approximate surface area is 186 Å². The van der Waals surface area contributed by atoms with E-state index in [0.717, 1.165) is 17.1 Å². The number of guanidine groups is 2. The van der Waals surface area contributed by atoms with Crippen molar-refractivity contribution in [2.45, 2.75) is 25.2 Å². The molecule has 1 aromatic rings. The second-order valence-corrected chi connectivity index (χ2v) is 7.11. The number of thioether (sulfide) groups is 1. The molecule has 0 bridgehead atoms. The summed E-state index contributed by atoms with van der Waals surface area (Å²) in [4.78, 5) is 32.5. The molecule has 0 aliphatic heterocycles. The van der Waals surface area contributed by atoms with Gasteiger partial charge in [-0.1, -0.05) is 6.92 Å². The molecule has 0 aromatic heterocycles. The highest BCUT2D eigenvalue weighted by Crippen LogP contribution is 2.29. The molecule has 1 aromatic carbocycles. The second kappa shape index (κ2) is 14.5. The van der Waals surface area contributed by atoms with Gasteiger partial charge < -0.3 is 20.7 Å². The average molecular weight is 449 g/mol. The van der Waals surface area contributed by atoms with E-state index in [-0.39, 0.29) is 18.4 Å². The van der Waals surface area contributed by atoms with E-state index in [9.17, 15) is 9.59 Å². The minimum atomic E-state index is -0.696. The fourth-order valence-corrected chi connectivity index (χ4v) is 3.00. The van der Waals surface area contributed by atoms with E-state index < -0.39 is 6.09 Å². The van der Waals surface area contributed by atoms with Crippen LogP contribution in [0.2, 0.25) is 0 Å². The first kappa shape index (κ1) is 25.6. The minimum absolute atomic E-state index is 0.140. The lowest BCUT2D eigenvalue weighted by Gasteiger charge is -2.16. The third-order valence-electron chi connectivity index (χ3n) is 3.51. The van der Waals surface area contributed by atoms with Crippen molar-refractivity contribution in [3.8, 4) is 6.19 Å². The van der Waals surface area contributed by atoms with Crippen LogP contribution in [0, 0.1) is 11.5 Å². The number of aliphatic imine (C=N–C) groups is 2. The number of benzene rings is 1. The molecule has 0 fully saturated rings. The van der Waals surface area contributed by atoms with Crippen molar-refractivity contribution < 1.29 is 14.3 Å². The van der Waals surface area contributed by atoms with Crippen molar-refractivity contribution >= 4 is 47.1 Å². The van der Waals surface area contributed by atoms with Gasteiger partial charge in [0.25, 0.3) is 0 Å². The summed E-state index contributed by atoms with van der Waals surface area (Å²) >= 11 is 1.68. The van der Waals surface area contributed by atoms with Gasteiger partial charge in [-0.05, 0) is 30.4 Å². The lowest BCUT2D eigenvalue weighted by atomic mass is 10.2. The fraction of sp³-hybridized carbons (Fsp3) is 0.421. The number of ether oxygens (including phenoxy) is 1. The Kier molecular flexibility index (Phi) is 12.0. The van der Waals surface area contributed by atoms with Crippen LogP contribution in [-0.4, -0.2) is 56.9 Å². The van der Waals surface area contributed by atoms with E-state index in [2.05, 4.69) is 48.2 Å². The topological polar surface area (TPSA) is 152 Å². The number of hydrogen-bond acceptors (Lipinski definition) is 7. The quantitative estimate of drug-likeness (QED) is 0.101. The van der Waals surface area contributed by atoms with E-state index in [1.807, 2.05) is 12.1 Å². The van der Waals surface area contributed by atoms with Gasteiger partial charge in [-0.25, -0.2) is 4.79 Å². The monoisotopic (exact) mass is 448 g/mol. The highest BCUT2D eigenvalue weighted by molar-refractivity contribution is 7.99. The normalized spacial score (nSPS) is 11.2. The number of hydrogen-bond donors (Lipinski definition) is 5. The average Bonchev–Trinajstić information content (AvgIpc) is 2.75. The van der Waals surface area contributed by atoms with E-state index in [1.165, 1.54) is 21.1 Å². The summed E-state index contributed by atoms with van der Waals surface area (Å²) in [7, 11) is 2.78. The van der Waals surface area contributed by atoms with Gasteiger partial charge in [0.15, 0.2) is 6.19 Å². The molecule has 12 heteroatoms. The third kappa shape index (κ3) is 10.2. The van der Waals surface area contributed by atoms with Crippen LogP contribution in [0.25, 0.3) is 0 Å². The van der Waals surface area contributed by atoms with Gasteiger partial charge in [-0.15, -0.1) is 11.8 Å². The summed E-state index contributed by atoms with van der Waals surface area (Å²) in [5.74, 6) is 1.17. The predicted octanol–water partition coefficient (Wildman–Crippen LogP) is 1.92. The molecule has 0 aliphatic carbocycles. The second-order valence-electron chi connectivity index (χ2n) is 5.94. The molecule has 2 amide bonds. The number of carbonyl (C=O) groups is 2. The summed E-state index contributed by atoms with van der Waals surface area (Å²) in [5, 5.41) is 22.3. The molecule has 0 heterocycles. The number of methoxy groups -OCH3 is 1. The van der Waals surface area contributed by atoms with Crippen LogP contribution in [-0.2, 0) is 9.53 Å². The maximum absolute atomic E-state index is 11.7. The molecule has 31 heavy (non-hydrogen) atoms. The lowest BCUT2D eigenvalue weighted by molar-refractivity contribution is -0.114. The summed E-state index contributed by atoms with van der Waals surface area (Å²) in [6.07, 6.45) is 2.10. The largest absolute Gasteiger partial charge is 0.453 e. The van der Waals surface area contributed by atoms with Crippen LogP contribution in [0.4, 0.5) is 16.2 Å². The summed E-state index contributed by atoms with van der Waals surface area (Å²) in [6, 6.07) is 5.58. The molecule has 1 rings (SSSR count). The van der Waals surface area contributed by atoms with Gasteiger partial charge in [-0.2, -0.15) is 5.26 Å². The Morgan fingerprint density at radius 2 is 2.00 bits per heavy atom. The summed E-state index contributed by atoms with van der Waals surface area (Å²) in [6.45, 7) is 4.11. The maximum atomic E-state index is 11.7. The molecular formula is C19H28N8O3S. The SMILES string of the molecule is CCCSc1ccc(NC(C)=O)c(NC(=NCCNC(=NC)NC#N)NC(=O)OC)c1. The number of anilines is 2. The molecule has 11 nitrogen and oxygen atoms in total. The number of nitrogens with one attached hydrogen (secondary N) is 5. The molecule has 0 saturated heterocycles. The van der Waals surface area contributed by atoms with Crippen molar-refractivity contribution in [3.05, 3.63) is 18.2 Å². The molecule has 0 saturated carbocycles. The van der Waals surface area contributed by atoms with Crippen molar-refractivity contribution in [1.82, 2.24) is 16.0 Å². The van der Waals surface area contributed by atoms with Crippen LogP contribution in [0.5, 0.6) is 0 Å². The number of amides is 2. The highest BCUT2D eigenvalue weighted by Gasteiger charge is 2.11. The third-order valence-corrected chi connectivity index (χ3v) is 4.71. The number of nitriles is 1. The first-order chi connectivity index (χ1) is 14.9. The fourth-order valence-electron chi connectivity index (χ4n) is 2.19. The highest BCUT2D eigenvalue weighted by atomic mass is 32.2. The van der Waals surface area contributed by atoms with E-state index >= 15 is 0 Å². The van der Waals surface area contributed by atoms with E-state index in [4.69, 9.17) is 5.26 Å². The van der Waals surface area contributed by atoms with Crippen LogP contribution < -0.4 is 26.6 Å². The molecule has 0 spiro atoms. The van der Waals surface area contributed by atoms with Crippen molar-refractivity contribution in [2.75, 3.05) is 43.6 Å². The molecule has 0 aliphatic rings. The number of rotatable bonds is 8. The van der Waals surface area contributed by atoms with Crippen LogP contribution in [0.1, 0.15) is 20.3 Å². The molecule has 5 N–H and O–H groups in total. The van der Waals surface area contributed by atoms with Crippen molar-refractivity contribution in [1.29, 1.82) is 5.26 Å². The summed E-state index contributed by atoms with van der Waals surface area (Å²) in [5.41, 5.74) is 1.12. The Morgan fingerprint density at radius 3 is 2.61 bits per heavy atom. The maximum Gasteiger partial charge on any atom is 0.413 e. The number of nitrogens with zero attached hydrogens (tertiary/aromatic N) is 3. The Bertz CT molecular complexity index is 851. The minimum Gasteiger partial charge on any atom is -0.453 e. The van der Waals surface area contributed by atoms with Crippen LogP contribution >= 0.6 is 11.8 Å². The van der Waals surface area contributed by atoms with E-state index in [0.29, 0.717) is 23.9 Å². The molecule has 0 atom stereocenters. The number of carbonyl (C=O) groups excluding carboxylic acids is 2. The predicted molar refractivity (Wildman–Crippen MR) is 123 cm³/mol. The molecule has 0 unspecified atom stereocenters. The molecular weight excluding hydrogens is 420 g/mol. The Morgan fingerprint density at radius 1 is 1.23 bits per heavy atom. The standard InChI is InChI=1S/C19H28N8O3S/c1-5-10-31-14-6-7-15(25-13(2)28)16(11-14)26-18(27-19(29)30-4)23-9-8-22-17(21-3)24-12-20/h6-7,11H,5,8-10H2,1-4H3,(H,25,28)(H2,21,22,24)(H2,23,26,27,29). The smallest absolute Gasteiger partial charge is 0.413 e. The van der Waals surface area contributed by atoms with Gasteiger partial charge in [0, 0.05) is 25.4 Å². The first-order valence-electron chi connectivity index (χ1n) is 9.50. The number of alkyl carbamates (subject to hydrolysis) is 1. The Balaban J connectivity index is 3.04. The van der Waals surface area contributed by atoms with E-state index in [1.54, 1.807) is 24.0 Å². The van der Waals surface area contributed by atoms with Crippen LogP contribution in [0.3, 0.4) is 0 Å². The van der Waals surface area contributed by atoms with Crippen molar-refractivity contribution in [3.63, 3.8) is 0 Å². The molecule has 0 radical (unpaired) electrons. The van der Waals surface area contributed by atoms with Crippen molar-refractivity contribution in [2.24, 2.45) is 9.98 Å². The van der Waals surface area contributed by atoms with Gasteiger partial charge >= 0.3 is 6.09 Å². The van der Waals surface area contributed by atoms with Crippen LogP contribution in [0.15, 0.2) is 33.1 Å². The summed E-state index contributed by atoms with van der Waals surface area (Å²) < 4.78 is 4.66. The van der Waals surface area contributed by atoms with Gasteiger partial charge in [-0.3, -0.25) is 25.4 Å². The first-order valence-corrected chi connectivity index (χ1v) is 10.5. The zero-order chi connectivity index (χ0) is 23.1. The molecule has 168 valence electrons. The lowest BCUT2D eigenvalue weighted by Crippen LogP contribution is -2.38.